The lowest BCUT2D eigenvalue weighted by atomic mass is 10.1. The Labute approximate surface area is 167 Å². The van der Waals surface area contributed by atoms with Gasteiger partial charge in [0.05, 0.1) is 25.4 Å². The summed E-state index contributed by atoms with van der Waals surface area (Å²) >= 11 is 0. The summed E-state index contributed by atoms with van der Waals surface area (Å²) < 4.78 is 0. The van der Waals surface area contributed by atoms with E-state index in [0.717, 1.165) is 6.92 Å². The van der Waals surface area contributed by atoms with E-state index in [9.17, 15) is 34.5 Å². The van der Waals surface area contributed by atoms with Gasteiger partial charge in [0, 0.05) is 0 Å². The molecule has 0 aromatic rings. The molecule has 0 aliphatic carbocycles. The fraction of sp³-hybridized carbons (Fsp3) is 0.750. The summed E-state index contributed by atoms with van der Waals surface area (Å²) in [5.41, 5.74) is 11.1. The molecule has 13 nitrogen and oxygen atoms in total. The standard InChI is InChI=1S/C16H31N5O8/c1-8(24)12(16(28)29)21-15(27)11(7-23)20-14(26)10(6-22)19-13(25)9(18)4-2-3-5-17/h8-12,22-24H,2-7,17-18H2,1H3,(H,19,25)(H,20,26)(H,21,27)(H,28,29). The van der Waals surface area contributed by atoms with E-state index in [4.69, 9.17) is 16.6 Å². The highest BCUT2D eigenvalue weighted by Crippen LogP contribution is 2.00. The van der Waals surface area contributed by atoms with Crippen molar-refractivity contribution in [1.82, 2.24) is 16.0 Å². The first kappa shape index (κ1) is 26.7. The topological polar surface area (TPSA) is 237 Å². The monoisotopic (exact) mass is 421 g/mol. The second kappa shape index (κ2) is 13.8. The van der Waals surface area contributed by atoms with Gasteiger partial charge in [0.15, 0.2) is 6.04 Å². The molecule has 3 amide bonds. The van der Waals surface area contributed by atoms with Gasteiger partial charge in [-0.1, -0.05) is 6.42 Å². The van der Waals surface area contributed by atoms with Gasteiger partial charge in [0.2, 0.25) is 17.7 Å². The van der Waals surface area contributed by atoms with Crippen LogP contribution in [0, 0.1) is 0 Å². The minimum absolute atomic E-state index is 0.320. The van der Waals surface area contributed by atoms with Crippen LogP contribution in [0.15, 0.2) is 0 Å². The van der Waals surface area contributed by atoms with Gasteiger partial charge in [-0.3, -0.25) is 14.4 Å². The van der Waals surface area contributed by atoms with Crippen molar-refractivity contribution in [1.29, 1.82) is 0 Å². The largest absolute Gasteiger partial charge is 0.480 e. The zero-order chi connectivity index (χ0) is 22.6. The second-order valence-corrected chi connectivity index (χ2v) is 6.44. The molecule has 0 saturated heterocycles. The maximum Gasteiger partial charge on any atom is 0.328 e. The van der Waals surface area contributed by atoms with Crippen molar-refractivity contribution in [3.63, 3.8) is 0 Å². The van der Waals surface area contributed by atoms with Crippen molar-refractivity contribution in [2.45, 2.75) is 56.5 Å². The molecular weight excluding hydrogens is 390 g/mol. The maximum atomic E-state index is 12.2. The zero-order valence-corrected chi connectivity index (χ0v) is 16.2. The Balaban J connectivity index is 4.88. The molecule has 0 saturated carbocycles. The number of rotatable bonds is 14. The van der Waals surface area contributed by atoms with Gasteiger partial charge >= 0.3 is 5.97 Å². The van der Waals surface area contributed by atoms with Crippen molar-refractivity contribution in [2.75, 3.05) is 19.8 Å². The molecule has 11 N–H and O–H groups in total. The van der Waals surface area contributed by atoms with Gasteiger partial charge < -0.3 is 47.8 Å². The van der Waals surface area contributed by atoms with Gasteiger partial charge in [0.25, 0.3) is 0 Å². The summed E-state index contributed by atoms with van der Waals surface area (Å²) in [7, 11) is 0. The maximum absolute atomic E-state index is 12.2. The first-order chi connectivity index (χ1) is 13.6. The molecule has 5 unspecified atom stereocenters. The highest BCUT2D eigenvalue weighted by atomic mass is 16.4. The number of aliphatic carboxylic acids is 1. The van der Waals surface area contributed by atoms with Crippen LogP contribution in [0.3, 0.4) is 0 Å². The molecule has 0 bridgehead atoms. The molecule has 0 aromatic heterocycles. The highest BCUT2D eigenvalue weighted by molar-refractivity contribution is 5.94. The fourth-order valence-corrected chi connectivity index (χ4v) is 2.22. The predicted molar refractivity (Wildman–Crippen MR) is 100 cm³/mol. The highest BCUT2D eigenvalue weighted by Gasteiger charge is 2.31. The van der Waals surface area contributed by atoms with Crippen molar-refractivity contribution in [3.8, 4) is 0 Å². The number of carbonyl (C=O) groups is 4. The summed E-state index contributed by atoms with van der Waals surface area (Å²) in [4.78, 5) is 47.3. The van der Waals surface area contributed by atoms with Gasteiger partial charge in [-0.15, -0.1) is 0 Å². The van der Waals surface area contributed by atoms with Gasteiger partial charge in [-0.05, 0) is 26.3 Å². The van der Waals surface area contributed by atoms with Crippen LogP contribution in [0.25, 0.3) is 0 Å². The van der Waals surface area contributed by atoms with Crippen LogP contribution in [0.4, 0.5) is 0 Å². The molecule has 0 radical (unpaired) electrons. The van der Waals surface area contributed by atoms with Gasteiger partial charge in [0.1, 0.15) is 12.1 Å². The van der Waals surface area contributed by atoms with Crippen LogP contribution in [0.1, 0.15) is 26.2 Å². The van der Waals surface area contributed by atoms with Gasteiger partial charge in [-0.2, -0.15) is 0 Å². The third-order valence-electron chi connectivity index (χ3n) is 3.98. The minimum atomic E-state index is -1.66. The van der Waals surface area contributed by atoms with Crippen LogP contribution in [0.2, 0.25) is 0 Å². The molecular formula is C16H31N5O8. The third kappa shape index (κ3) is 9.62. The summed E-state index contributed by atoms with van der Waals surface area (Å²) in [6.07, 6.45) is 0.154. The number of hydrogen-bond donors (Lipinski definition) is 9. The normalized spacial score (nSPS) is 16.1. The van der Waals surface area contributed by atoms with E-state index in [1.807, 2.05) is 5.32 Å². The molecule has 0 aliphatic heterocycles. The van der Waals surface area contributed by atoms with Crippen molar-refractivity contribution < 1.29 is 39.6 Å². The molecule has 0 aliphatic rings. The number of amides is 3. The Morgan fingerprint density at radius 2 is 1.38 bits per heavy atom. The first-order valence-electron chi connectivity index (χ1n) is 9.08. The van der Waals surface area contributed by atoms with E-state index in [0.29, 0.717) is 25.8 Å². The van der Waals surface area contributed by atoms with E-state index in [2.05, 4.69) is 10.6 Å². The second-order valence-electron chi connectivity index (χ2n) is 6.44. The summed E-state index contributed by atoms with van der Waals surface area (Å²) in [6, 6.07) is -5.61. The summed E-state index contributed by atoms with van der Waals surface area (Å²) in [5, 5.41) is 43.3. The van der Waals surface area contributed by atoms with E-state index in [1.165, 1.54) is 0 Å². The minimum Gasteiger partial charge on any atom is -0.480 e. The van der Waals surface area contributed by atoms with Crippen LogP contribution in [-0.4, -0.2) is 94.1 Å². The Bertz CT molecular complexity index is 559. The molecule has 29 heavy (non-hydrogen) atoms. The Morgan fingerprint density at radius 1 is 0.897 bits per heavy atom. The Morgan fingerprint density at radius 3 is 1.79 bits per heavy atom. The molecule has 5 atom stereocenters. The number of carboxylic acids is 1. The summed E-state index contributed by atoms with van der Waals surface area (Å²) in [5.74, 6) is -4.27. The fourth-order valence-electron chi connectivity index (χ4n) is 2.22. The number of carbonyl (C=O) groups excluding carboxylic acids is 3. The molecule has 0 fully saturated rings. The quantitative estimate of drug-likeness (QED) is 0.121. The molecule has 0 spiro atoms. The van der Waals surface area contributed by atoms with E-state index >= 15 is 0 Å². The van der Waals surface area contributed by atoms with Crippen LogP contribution in [-0.2, 0) is 19.2 Å². The Hall–Kier alpha value is -2.32. The molecule has 0 aromatic carbocycles. The number of hydrogen-bond acceptors (Lipinski definition) is 9. The van der Waals surface area contributed by atoms with Crippen LogP contribution >= 0.6 is 0 Å². The molecule has 0 rings (SSSR count). The first-order valence-corrected chi connectivity index (χ1v) is 9.08. The van der Waals surface area contributed by atoms with Crippen molar-refractivity contribution in [3.05, 3.63) is 0 Å². The van der Waals surface area contributed by atoms with Gasteiger partial charge in [-0.25, -0.2) is 4.79 Å². The molecule has 0 heterocycles. The smallest absolute Gasteiger partial charge is 0.328 e. The number of unbranched alkanes of at least 4 members (excludes halogenated alkanes) is 1. The van der Waals surface area contributed by atoms with Crippen molar-refractivity contribution >= 4 is 23.7 Å². The number of aliphatic hydroxyl groups is 3. The Kier molecular flexibility index (Phi) is 12.7. The van der Waals surface area contributed by atoms with E-state index in [-0.39, 0.29) is 0 Å². The van der Waals surface area contributed by atoms with Crippen LogP contribution in [0.5, 0.6) is 0 Å². The number of aliphatic hydroxyl groups excluding tert-OH is 3. The van der Waals surface area contributed by atoms with E-state index in [1.54, 1.807) is 0 Å². The summed E-state index contributed by atoms with van der Waals surface area (Å²) in [6.45, 7) is -0.120. The predicted octanol–water partition coefficient (Wildman–Crippen LogP) is -4.65. The number of carboxylic acid groups (broad SMARTS) is 1. The average Bonchev–Trinajstić information content (AvgIpc) is 2.67. The number of nitrogens with one attached hydrogen (secondary N) is 3. The zero-order valence-electron chi connectivity index (χ0n) is 16.2. The molecule has 13 heteroatoms. The average molecular weight is 421 g/mol. The lowest BCUT2D eigenvalue weighted by Gasteiger charge is -2.24. The lowest BCUT2D eigenvalue weighted by molar-refractivity contribution is -0.145. The third-order valence-corrected chi connectivity index (χ3v) is 3.98. The SMILES string of the molecule is CC(O)C(NC(=O)C(CO)NC(=O)C(CO)NC(=O)C(N)CCCCN)C(=O)O. The molecule has 168 valence electrons. The van der Waals surface area contributed by atoms with Crippen molar-refractivity contribution in [2.24, 2.45) is 11.5 Å². The van der Waals surface area contributed by atoms with Crippen LogP contribution < -0.4 is 27.4 Å². The number of nitrogens with two attached hydrogens (primary N) is 2. The lowest BCUT2D eigenvalue weighted by Crippen LogP contribution is -2.59. The van der Waals surface area contributed by atoms with E-state index < -0.39 is 67.2 Å².